The highest BCUT2D eigenvalue weighted by Crippen LogP contribution is 2.28. The molecule has 0 saturated carbocycles. The van der Waals surface area contributed by atoms with E-state index in [1.54, 1.807) is 30.3 Å². The molecule has 1 amide bonds. The molecule has 23 heavy (non-hydrogen) atoms. The smallest absolute Gasteiger partial charge is 0.261 e. The maximum absolute atomic E-state index is 12.4. The predicted octanol–water partition coefficient (Wildman–Crippen LogP) is 5.34. The molecule has 116 valence electrons. The zero-order valence-corrected chi connectivity index (χ0v) is 15.4. The van der Waals surface area contributed by atoms with Gasteiger partial charge < -0.3 is 9.73 Å². The van der Waals surface area contributed by atoms with Gasteiger partial charge in [0.1, 0.15) is 5.56 Å². The number of fused-ring (bicyclic) bond motifs is 1. The molecule has 0 atom stereocenters. The summed E-state index contributed by atoms with van der Waals surface area (Å²) in [7, 11) is 0. The molecule has 0 aliphatic rings. The molecule has 1 heterocycles. The van der Waals surface area contributed by atoms with Crippen LogP contribution in [0.3, 0.4) is 0 Å². The Morgan fingerprint density at radius 3 is 2.52 bits per heavy atom. The molecule has 0 bridgehead atoms. The first kappa shape index (κ1) is 16.2. The summed E-state index contributed by atoms with van der Waals surface area (Å²) < 4.78 is 7.02. The Hall–Kier alpha value is -1.63. The van der Waals surface area contributed by atoms with Crippen LogP contribution in [-0.2, 0) is 0 Å². The number of carbonyl (C=O) groups excluding carboxylic acids is 1. The van der Waals surface area contributed by atoms with Crippen molar-refractivity contribution in [3.63, 3.8) is 0 Å². The Labute approximate surface area is 153 Å². The second kappa shape index (κ2) is 6.47. The molecular formula is C16H9Br2ClN2O2. The number of hydrogen-bond donors (Lipinski definition) is 2. The van der Waals surface area contributed by atoms with Gasteiger partial charge in [0, 0.05) is 20.6 Å². The van der Waals surface area contributed by atoms with Gasteiger partial charge >= 0.3 is 0 Å². The third kappa shape index (κ3) is 3.49. The monoisotopic (exact) mass is 454 g/mol. The van der Waals surface area contributed by atoms with Crippen molar-refractivity contribution in [2.45, 2.75) is 0 Å². The first-order chi connectivity index (χ1) is 10.9. The Balaban J connectivity index is 2.01. The van der Waals surface area contributed by atoms with E-state index in [-0.39, 0.29) is 11.1 Å². The van der Waals surface area contributed by atoms with E-state index in [9.17, 15) is 4.79 Å². The van der Waals surface area contributed by atoms with Gasteiger partial charge in [-0.25, -0.2) is 0 Å². The van der Waals surface area contributed by atoms with Crippen LogP contribution in [0, 0.1) is 5.41 Å². The van der Waals surface area contributed by atoms with Crippen LogP contribution in [0.1, 0.15) is 10.4 Å². The number of benzene rings is 2. The van der Waals surface area contributed by atoms with Crippen molar-refractivity contribution in [3.05, 3.63) is 67.6 Å². The summed E-state index contributed by atoms with van der Waals surface area (Å²) in [4.78, 5) is 12.4. The van der Waals surface area contributed by atoms with Crippen LogP contribution in [-0.4, -0.2) is 5.91 Å². The van der Waals surface area contributed by atoms with E-state index in [0.29, 0.717) is 26.2 Å². The van der Waals surface area contributed by atoms with Crippen LogP contribution < -0.4 is 10.9 Å². The number of halogens is 3. The Morgan fingerprint density at radius 1 is 1.13 bits per heavy atom. The van der Waals surface area contributed by atoms with Gasteiger partial charge in [-0.05, 0) is 58.4 Å². The number of hydrogen-bond acceptors (Lipinski definition) is 3. The summed E-state index contributed by atoms with van der Waals surface area (Å²) in [5.41, 5.74) is 1.06. The minimum Gasteiger partial charge on any atom is -0.437 e. The van der Waals surface area contributed by atoms with Crippen molar-refractivity contribution in [1.29, 1.82) is 5.41 Å². The highest BCUT2D eigenvalue weighted by atomic mass is 79.9. The second-order valence-electron chi connectivity index (χ2n) is 4.76. The standard InChI is InChI=1S/C16H9Br2ClN2O2/c17-9-5-8-6-12(15(20)23-14(8)13(18)7-9)16(22)21-11-3-1-10(19)2-4-11/h1-7,20H,(H,21,22). The highest BCUT2D eigenvalue weighted by molar-refractivity contribution is 9.11. The lowest BCUT2D eigenvalue weighted by Gasteiger charge is -2.07. The molecule has 0 spiro atoms. The second-order valence-corrected chi connectivity index (χ2v) is 6.96. The molecule has 4 nitrogen and oxygen atoms in total. The van der Waals surface area contributed by atoms with Gasteiger partial charge in [0.25, 0.3) is 5.91 Å². The summed E-state index contributed by atoms with van der Waals surface area (Å²) in [6, 6.07) is 12.0. The molecule has 0 radical (unpaired) electrons. The largest absolute Gasteiger partial charge is 0.437 e. The lowest BCUT2D eigenvalue weighted by atomic mass is 10.1. The number of nitrogens with one attached hydrogen (secondary N) is 2. The zero-order valence-electron chi connectivity index (χ0n) is 11.5. The maximum Gasteiger partial charge on any atom is 0.261 e. The zero-order chi connectivity index (χ0) is 16.6. The van der Waals surface area contributed by atoms with Gasteiger partial charge in [0.2, 0.25) is 5.55 Å². The van der Waals surface area contributed by atoms with E-state index in [4.69, 9.17) is 21.4 Å². The number of anilines is 1. The maximum atomic E-state index is 12.4. The first-order valence-electron chi connectivity index (χ1n) is 6.48. The average molecular weight is 457 g/mol. The fourth-order valence-corrected chi connectivity index (χ4v) is 3.54. The predicted molar refractivity (Wildman–Crippen MR) is 96.9 cm³/mol. The molecular weight excluding hydrogens is 447 g/mol. The Kier molecular flexibility index (Phi) is 4.57. The van der Waals surface area contributed by atoms with E-state index in [2.05, 4.69) is 37.2 Å². The fraction of sp³-hybridized carbons (Fsp3) is 0. The molecule has 3 rings (SSSR count). The van der Waals surface area contributed by atoms with Crippen LogP contribution in [0.4, 0.5) is 5.69 Å². The Morgan fingerprint density at radius 2 is 1.83 bits per heavy atom. The van der Waals surface area contributed by atoms with E-state index >= 15 is 0 Å². The molecule has 0 unspecified atom stereocenters. The summed E-state index contributed by atoms with van der Waals surface area (Å²) >= 11 is 12.6. The fourth-order valence-electron chi connectivity index (χ4n) is 2.07. The molecule has 0 fully saturated rings. The number of amides is 1. The Bertz CT molecular complexity index is 968. The molecule has 1 aromatic heterocycles. The van der Waals surface area contributed by atoms with Gasteiger partial charge in [-0.1, -0.05) is 27.5 Å². The highest BCUT2D eigenvalue weighted by Gasteiger charge is 2.13. The van der Waals surface area contributed by atoms with Crippen molar-refractivity contribution >= 4 is 66.0 Å². The summed E-state index contributed by atoms with van der Waals surface area (Å²) in [6.45, 7) is 0. The SMILES string of the molecule is N=c1oc2c(Br)cc(Br)cc2cc1C(=O)Nc1ccc(Cl)cc1. The van der Waals surface area contributed by atoms with E-state index in [0.717, 1.165) is 4.47 Å². The molecule has 0 aliphatic carbocycles. The topological polar surface area (TPSA) is 66.1 Å². The minimum atomic E-state index is -0.418. The van der Waals surface area contributed by atoms with Crippen LogP contribution in [0.15, 0.2) is 55.8 Å². The van der Waals surface area contributed by atoms with E-state index in [1.165, 1.54) is 0 Å². The van der Waals surface area contributed by atoms with Crippen molar-refractivity contribution in [3.8, 4) is 0 Å². The number of carbonyl (C=O) groups is 1. The van der Waals surface area contributed by atoms with Crippen molar-refractivity contribution in [1.82, 2.24) is 0 Å². The van der Waals surface area contributed by atoms with Gasteiger partial charge in [-0.15, -0.1) is 0 Å². The van der Waals surface area contributed by atoms with Crippen molar-refractivity contribution in [2.24, 2.45) is 0 Å². The van der Waals surface area contributed by atoms with Crippen LogP contribution in [0.2, 0.25) is 5.02 Å². The normalized spacial score (nSPS) is 10.7. The molecule has 3 aromatic rings. The van der Waals surface area contributed by atoms with Gasteiger partial charge in [0.15, 0.2) is 5.58 Å². The molecule has 0 saturated heterocycles. The molecule has 0 aliphatic heterocycles. The lowest BCUT2D eigenvalue weighted by molar-refractivity contribution is 0.102. The van der Waals surface area contributed by atoms with E-state index in [1.807, 2.05) is 12.1 Å². The van der Waals surface area contributed by atoms with Gasteiger partial charge in [-0.2, -0.15) is 0 Å². The van der Waals surface area contributed by atoms with Crippen molar-refractivity contribution < 1.29 is 9.21 Å². The lowest BCUT2D eigenvalue weighted by Crippen LogP contribution is -2.20. The average Bonchev–Trinajstić information content (AvgIpc) is 2.50. The summed E-state index contributed by atoms with van der Waals surface area (Å²) in [5, 5.41) is 12.0. The quantitative estimate of drug-likeness (QED) is 0.547. The number of rotatable bonds is 2. The minimum absolute atomic E-state index is 0.150. The summed E-state index contributed by atoms with van der Waals surface area (Å²) in [6.07, 6.45) is 0. The van der Waals surface area contributed by atoms with Crippen LogP contribution >= 0.6 is 43.5 Å². The third-order valence-corrected chi connectivity index (χ3v) is 4.43. The van der Waals surface area contributed by atoms with Gasteiger partial charge in [-0.3, -0.25) is 10.2 Å². The van der Waals surface area contributed by atoms with Crippen molar-refractivity contribution in [2.75, 3.05) is 5.32 Å². The first-order valence-corrected chi connectivity index (χ1v) is 8.45. The molecule has 2 aromatic carbocycles. The molecule has 7 heteroatoms. The summed E-state index contributed by atoms with van der Waals surface area (Å²) in [5.74, 6) is -0.418. The van der Waals surface area contributed by atoms with Gasteiger partial charge in [0.05, 0.1) is 4.47 Å². The third-order valence-electron chi connectivity index (χ3n) is 3.13. The van der Waals surface area contributed by atoms with Crippen LogP contribution in [0.25, 0.3) is 11.0 Å². The van der Waals surface area contributed by atoms with Crippen LogP contribution in [0.5, 0.6) is 0 Å². The van der Waals surface area contributed by atoms with E-state index < -0.39 is 5.91 Å². The molecule has 2 N–H and O–H groups in total.